The Labute approximate surface area is 175 Å². The van der Waals surface area contributed by atoms with Crippen molar-refractivity contribution < 1.29 is 19.1 Å². The molecule has 0 aromatic heterocycles. The van der Waals surface area contributed by atoms with Crippen LogP contribution in [-0.2, 0) is 9.53 Å². The number of benzene rings is 3. The van der Waals surface area contributed by atoms with Crippen molar-refractivity contribution in [3.8, 4) is 0 Å². The lowest BCUT2D eigenvalue weighted by Crippen LogP contribution is -2.56. The van der Waals surface area contributed by atoms with Gasteiger partial charge in [-0.25, -0.2) is 4.79 Å². The molecule has 30 heavy (non-hydrogen) atoms. The minimum absolute atomic E-state index is 0.157. The molecule has 0 bridgehead atoms. The predicted octanol–water partition coefficient (Wildman–Crippen LogP) is 4.61. The van der Waals surface area contributed by atoms with Crippen LogP contribution >= 0.6 is 0 Å². The zero-order valence-corrected chi connectivity index (χ0v) is 17.2. The molecule has 5 heteroatoms. The first-order valence-corrected chi connectivity index (χ1v) is 9.88. The molecule has 4 rings (SSSR count). The van der Waals surface area contributed by atoms with E-state index in [-0.39, 0.29) is 18.1 Å². The summed E-state index contributed by atoms with van der Waals surface area (Å²) in [6, 6.07) is 21.8. The Morgan fingerprint density at radius 2 is 1.50 bits per heavy atom. The third-order valence-electron chi connectivity index (χ3n) is 5.64. The van der Waals surface area contributed by atoms with Crippen LogP contribution in [0.25, 0.3) is 10.8 Å². The van der Waals surface area contributed by atoms with E-state index in [1.807, 2.05) is 42.5 Å². The van der Waals surface area contributed by atoms with Crippen molar-refractivity contribution in [1.29, 1.82) is 0 Å². The summed E-state index contributed by atoms with van der Waals surface area (Å²) in [4.78, 5) is 41.0. The van der Waals surface area contributed by atoms with E-state index in [2.05, 4.69) is 0 Å². The third kappa shape index (κ3) is 3.16. The van der Waals surface area contributed by atoms with Crippen molar-refractivity contribution in [2.45, 2.75) is 38.5 Å². The Morgan fingerprint density at radius 1 is 0.867 bits per heavy atom. The number of carbonyl (C=O) groups excluding carboxylic acids is 3. The Kier molecular flexibility index (Phi) is 4.69. The molecule has 1 amide bonds. The summed E-state index contributed by atoms with van der Waals surface area (Å²) in [6.07, 6.45) is -0.157. The monoisotopic (exact) mass is 401 g/mol. The van der Waals surface area contributed by atoms with Crippen LogP contribution in [0.3, 0.4) is 0 Å². The summed E-state index contributed by atoms with van der Waals surface area (Å²) >= 11 is 0. The van der Waals surface area contributed by atoms with Gasteiger partial charge in [-0.3, -0.25) is 14.5 Å². The molecule has 0 saturated carbocycles. The van der Waals surface area contributed by atoms with Crippen molar-refractivity contribution in [3.05, 3.63) is 83.9 Å². The van der Waals surface area contributed by atoms with Gasteiger partial charge in [-0.05, 0) is 37.6 Å². The van der Waals surface area contributed by atoms with E-state index >= 15 is 0 Å². The van der Waals surface area contributed by atoms with Gasteiger partial charge in [0.1, 0.15) is 5.54 Å². The Hall–Kier alpha value is -3.47. The lowest BCUT2D eigenvalue weighted by molar-refractivity contribution is -0.149. The number of cyclic esters (lactones) is 1. The van der Waals surface area contributed by atoms with Crippen LogP contribution < -0.4 is 0 Å². The molecule has 0 N–H and O–H groups in total. The molecule has 0 aliphatic carbocycles. The van der Waals surface area contributed by atoms with Gasteiger partial charge in [0.05, 0.1) is 0 Å². The maximum absolute atomic E-state index is 13.7. The number of ether oxygens (including phenoxy) is 1. The summed E-state index contributed by atoms with van der Waals surface area (Å²) in [7, 11) is 0. The van der Waals surface area contributed by atoms with E-state index < -0.39 is 17.2 Å². The molecule has 5 nitrogen and oxygen atoms in total. The molecular weight excluding hydrogens is 378 g/mol. The van der Waals surface area contributed by atoms with Gasteiger partial charge in [-0.2, -0.15) is 0 Å². The Morgan fingerprint density at radius 3 is 2.23 bits per heavy atom. The molecule has 0 unspecified atom stereocenters. The smallest absolute Gasteiger partial charge is 0.334 e. The third-order valence-corrected chi connectivity index (χ3v) is 5.64. The highest BCUT2D eigenvalue weighted by atomic mass is 16.6. The fourth-order valence-electron chi connectivity index (χ4n) is 4.26. The molecule has 1 atom stereocenters. The van der Waals surface area contributed by atoms with Crippen LogP contribution in [0.15, 0.2) is 72.8 Å². The van der Waals surface area contributed by atoms with Crippen LogP contribution in [-0.4, -0.2) is 33.8 Å². The molecule has 1 fully saturated rings. The SMILES string of the molecule is CC1(C)OC(=O)[C@@](C)(CC(=O)c2ccccc2)N1C(=O)c1cccc2ccccc12. The quantitative estimate of drug-likeness (QED) is 0.473. The number of hydrogen-bond acceptors (Lipinski definition) is 4. The maximum atomic E-state index is 13.7. The van der Waals surface area contributed by atoms with Gasteiger partial charge in [-0.1, -0.05) is 66.7 Å². The highest BCUT2D eigenvalue weighted by molar-refractivity contribution is 6.10. The number of amides is 1. The number of carbonyl (C=O) groups is 3. The van der Waals surface area contributed by atoms with Gasteiger partial charge in [0.2, 0.25) is 0 Å². The Bertz CT molecular complexity index is 1150. The Balaban J connectivity index is 1.78. The van der Waals surface area contributed by atoms with Gasteiger partial charge in [-0.15, -0.1) is 0 Å². The van der Waals surface area contributed by atoms with E-state index in [4.69, 9.17) is 4.74 Å². The molecule has 3 aromatic rings. The van der Waals surface area contributed by atoms with E-state index in [1.54, 1.807) is 51.1 Å². The summed E-state index contributed by atoms with van der Waals surface area (Å²) in [6.45, 7) is 4.95. The first-order chi connectivity index (χ1) is 14.2. The second-order valence-electron chi connectivity index (χ2n) is 8.24. The fourth-order valence-corrected chi connectivity index (χ4v) is 4.26. The highest BCUT2D eigenvalue weighted by Gasteiger charge is 2.59. The van der Waals surface area contributed by atoms with Crippen LogP contribution in [0, 0.1) is 0 Å². The topological polar surface area (TPSA) is 63.7 Å². The predicted molar refractivity (Wildman–Crippen MR) is 114 cm³/mol. The molecule has 3 aromatic carbocycles. The molecule has 0 spiro atoms. The van der Waals surface area contributed by atoms with Gasteiger partial charge >= 0.3 is 5.97 Å². The van der Waals surface area contributed by atoms with Gasteiger partial charge < -0.3 is 4.74 Å². The number of fused-ring (bicyclic) bond motifs is 1. The highest BCUT2D eigenvalue weighted by Crippen LogP contribution is 2.40. The van der Waals surface area contributed by atoms with Crippen LogP contribution in [0.2, 0.25) is 0 Å². The number of ketones is 1. The number of nitrogens with zero attached hydrogens (tertiary/aromatic N) is 1. The molecule has 152 valence electrons. The average molecular weight is 401 g/mol. The number of hydrogen-bond donors (Lipinski definition) is 0. The van der Waals surface area contributed by atoms with E-state index in [0.717, 1.165) is 10.8 Å². The van der Waals surface area contributed by atoms with Crippen molar-refractivity contribution in [2.24, 2.45) is 0 Å². The lowest BCUT2D eigenvalue weighted by Gasteiger charge is -2.37. The summed E-state index contributed by atoms with van der Waals surface area (Å²) < 4.78 is 5.58. The van der Waals surface area contributed by atoms with Gasteiger partial charge in [0.15, 0.2) is 11.5 Å². The normalized spacial score (nSPS) is 20.2. The lowest BCUT2D eigenvalue weighted by atomic mass is 9.89. The molecular formula is C25H23NO4. The van der Waals surface area contributed by atoms with Crippen molar-refractivity contribution in [1.82, 2.24) is 4.90 Å². The van der Waals surface area contributed by atoms with E-state index in [0.29, 0.717) is 11.1 Å². The summed E-state index contributed by atoms with van der Waals surface area (Å²) in [5.41, 5.74) is -1.63. The van der Waals surface area contributed by atoms with Crippen molar-refractivity contribution in [2.75, 3.05) is 0 Å². The van der Waals surface area contributed by atoms with E-state index in [9.17, 15) is 14.4 Å². The second kappa shape index (κ2) is 7.10. The molecule has 1 heterocycles. The first kappa shape index (κ1) is 19.8. The minimum atomic E-state index is -1.41. The van der Waals surface area contributed by atoms with Crippen molar-refractivity contribution in [3.63, 3.8) is 0 Å². The second-order valence-corrected chi connectivity index (χ2v) is 8.24. The number of Topliss-reactive ketones (excluding diaryl/α,β-unsaturated/α-hetero) is 1. The van der Waals surface area contributed by atoms with E-state index in [1.165, 1.54) is 4.90 Å². The first-order valence-electron chi connectivity index (χ1n) is 9.88. The van der Waals surface area contributed by atoms with Crippen LogP contribution in [0.5, 0.6) is 0 Å². The molecule has 1 aliphatic heterocycles. The van der Waals surface area contributed by atoms with Crippen molar-refractivity contribution >= 4 is 28.4 Å². The minimum Gasteiger partial charge on any atom is -0.438 e. The zero-order chi connectivity index (χ0) is 21.5. The standard InChI is InChI=1S/C25H23NO4/c1-24(2)26(22(28)20-15-9-13-17-10-7-8-14-19(17)20)25(3,23(29)30-24)16-21(27)18-11-5-4-6-12-18/h4-15H,16H2,1-3H3/t25-/m1/s1. The molecule has 1 saturated heterocycles. The molecule has 1 aliphatic rings. The summed E-state index contributed by atoms with van der Waals surface area (Å²) in [5.74, 6) is -1.14. The number of esters is 1. The zero-order valence-electron chi connectivity index (χ0n) is 17.2. The van der Waals surface area contributed by atoms with Crippen LogP contribution in [0.1, 0.15) is 47.9 Å². The fraction of sp³-hybridized carbons (Fsp3) is 0.240. The number of rotatable bonds is 4. The van der Waals surface area contributed by atoms with Gasteiger partial charge in [0, 0.05) is 17.5 Å². The average Bonchev–Trinajstić information content (AvgIpc) is 2.91. The summed E-state index contributed by atoms with van der Waals surface area (Å²) in [5, 5.41) is 1.71. The maximum Gasteiger partial charge on any atom is 0.334 e. The largest absolute Gasteiger partial charge is 0.438 e. The molecule has 0 radical (unpaired) electrons. The van der Waals surface area contributed by atoms with Gasteiger partial charge in [0.25, 0.3) is 5.91 Å². The van der Waals surface area contributed by atoms with Crippen LogP contribution in [0.4, 0.5) is 0 Å².